The van der Waals surface area contributed by atoms with Gasteiger partial charge in [-0.3, -0.25) is 0 Å². The van der Waals surface area contributed by atoms with Crippen LogP contribution in [0.15, 0.2) is 22.7 Å². The molecule has 1 unspecified atom stereocenters. The summed E-state index contributed by atoms with van der Waals surface area (Å²) in [5.41, 5.74) is 7.38. The van der Waals surface area contributed by atoms with E-state index < -0.39 is 0 Å². The molecule has 0 aliphatic carbocycles. The first-order chi connectivity index (χ1) is 7.28. The van der Waals surface area contributed by atoms with E-state index in [1.165, 1.54) is 12.1 Å². The third-order valence-electron chi connectivity index (χ3n) is 2.37. The average molecular weight is 288 g/mol. The van der Waals surface area contributed by atoms with Gasteiger partial charge in [0.15, 0.2) is 0 Å². The Morgan fingerprint density at radius 2 is 2.00 bits per heavy atom. The summed E-state index contributed by atoms with van der Waals surface area (Å²) in [6.45, 7) is 6.52. The number of hydrogen-bond acceptors (Lipinski definition) is 1. The van der Waals surface area contributed by atoms with Crippen LogP contribution in [0.4, 0.5) is 4.39 Å². The van der Waals surface area contributed by atoms with Gasteiger partial charge in [0.25, 0.3) is 0 Å². The molecule has 1 aromatic carbocycles. The third-order valence-corrected chi connectivity index (χ3v) is 3.11. The summed E-state index contributed by atoms with van der Waals surface area (Å²) in [5.74, 6) is -0.222. The van der Waals surface area contributed by atoms with Gasteiger partial charge in [0.05, 0.1) is 0 Å². The van der Waals surface area contributed by atoms with Crippen LogP contribution < -0.4 is 5.73 Å². The Morgan fingerprint density at radius 3 is 2.50 bits per heavy atom. The van der Waals surface area contributed by atoms with Gasteiger partial charge < -0.3 is 5.73 Å². The van der Waals surface area contributed by atoms with Crippen molar-refractivity contribution >= 4 is 15.9 Å². The van der Waals surface area contributed by atoms with Crippen LogP contribution in [0.3, 0.4) is 0 Å². The smallest absolute Gasteiger partial charge is 0.124 e. The minimum absolute atomic E-state index is 0.113. The quantitative estimate of drug-likeness (QED) is 0.897. The molecule has 1 aromatic rings. The van der Waals surface area contributed by atoms with Gasteiger partial charge >= 0.3 is 0 Å². The van der Waals surface area contributed by atoms with Crippen LogP contribution in [-0.4, -0.2) is 6.04 Å². The minimum atomic E-state index is -0.222. The zero-order valence-corrected chi connectivity index (χ0v) is 11.6. The lowest BCUT2D eigenvalue weighted by Gasteiger charge is -2.23. The first-order valence-electron chi connectivity index (χ1n) is 5.47. The molecule has 16 heavy (non-hydrogen) atoms. The van der Waals surface area contributed by atoms with E-state index >= 15 is 0 Å². The normalized spacial score (nSPS) is 13.9. The largest absolute Gasteiger partial charge is 0.327 e. The molecule has 0 amide bonds. The molecule has 3 heteroatoms. The lowest BCUT2D eigenvalue weighted by Crippen LogP contribution is -2.28. The lowest BCUT2D eigenvalue weighted by atomic mass is 9.86. The molecule has 0 spiro atoms. The van der Waals surface area contributed by atoms with Gasteiger partial charge in [0, 0.05) is 10.5 Å². The van der Waals surface area contributed by atoms with Crippen LogP contribution in [0, 0.1) is 11.2 Å². The second kappa shape index (κ2) is 5.28. The predicted molar refractivity (Wildman–Crippen MR) is 69.9 cm³/mol. The monoisotopic (exact) mass is 287 g/mol. The summed E-state index contributed by atoms with van der Waals surface area (Å²) in [6, 6.07) is 4.87. The van der Waals surface area contributed by atoms with Crippen molar-refractivity contribution in [2.75, 3.05) is 0 Å². The molecule has 1 atom stereocenters. The van der Waals surface area contributed by atoms with Gasteiger partial charge in [-0.1, -0.05) is 42.8 Å². The second-order valence-electron chi connectivity index (χ2n) is 5.46. The fraction of sp³-hybridized carbons (Fsp3) is 0.538. The second-order valence-corrected chi connectivity index (χ2v) is 6.32. The topological polar surface area (TPSA) is 26.0 Å². The molecule has 0 fully saturated rings. The Morgan fingerprint density at radius 1 is 1.38 bits per heavy atom. The fourth-order valence-corrected chi connectivity index (χ4v) is 2.34. The van der Waals surface area contributed by atoms with Crippen molar-refractivity contribution in [2.45, 2.75) is 39.7 Å². The maximum absolute atomic E-state index is 12.9. The highest BCUT2D eigenvalue weighted by Gasteiger charge is 2.16. The Labute approximate surface area is 105 Å². The standard InChI is InChI=1S/C13H19BrFN/c1-13(2,3)8-11(16)6-9-4-5-10(15)7-12(9)14/h4-5,7,11H,6,8,16H2,1-3H3. The van der Waals surface area contributed by atoms with Crippen molar-refractivity contribution in [1.29, 1.82) is 0 Å². The van der Waals surface area contributed by atoms with E-state index in [4.69, 9.17) is 5.73 Å². The van der Waals surface area contributed by atoms with E-state index in [0.717, 1.165) is 22.9 Å². The molecular formula is C13H19BrFN. The summed E-state index contributed by atoms with van der Waals surface area (Å²) < 4.78 is 13.7. The third kappa shape index (κ3) is 4.62. The molecule has 0 saturated carbocycles. The van der Waals surface area contributed by atoms with Crippen LogP contribution in [0.25, 0.3) is 0 Å². The Hall–Kier alpha value is -0.410. The van der Waals surface area contributed by atoms with Crippen molar-refractivity contribution in [3.63, 3.8) is 0 Å². The van der Waals surface area contributed by atoms with Crippen LogP contribution in [0.5, 0.6) is 0 Å². The molecule has 0 aromatic heterocycles. The Kier molecular flexibility index (Phi) is 4.51. The molecule has 0 saturated heterocycles. The van der Waals surface area contributed by atoms with Gasteiger partial charge in [0.1, 0.15) is 5.82 Å². The lowest BCUT2D eigenvalue weighted by molar-refractivity contribution is 0.338. The van der Waals surface area contributed by atoms with E-state index in [0.29, 0.717) is 0 Å². The first-order valence-corrected chi connectivity index (χ1v) is 6.27. The molecule has 2 N–H and O–H groups in total. The maximum Gasteiger partial charge on any atom is 0.124 e. The molecule has 0 heterocycles. The number of rotatable bonds is 3. The minimum Gasteiger partial charge on any atom is -0.327 e. The number of nitrogens with two attached hydrogens (primary N) is 1. The van der Waals surface area contributed by atoms with E-state index in [1.54, 1.807) is 6.07 Å². The molecule has 0 bridgehead atoms. The van der Waals surface area contributed by atoms with Gasteiger partial charge in [0.2, 0.25) is 0 Å². The molecular weight excluding hydrogens is 269 g/mol. The van der Waals surface area contributed by atoms with Crippen molar-refractivity contribution < 1.29 is 4.39 Å². The maximum atomic E-state index is 12.9. The molecule has 0 aliphatic heterocycles. The summed E-state index contributed by atoms with van der Waals surface area (Å²) in [6.07, 6.45) is 1.73. The van der Waals surface area contributed by atoms with E-state index in [-0.39, 0.29) is 17.3 Å². The Balaban J connectivity index is 2.66. The molecule has 90 valence electrons. The molecule has 1 rings (SSSR count). The number of hydrogen-bond donors (Lipinski definition) is 1. The fourth-order valence-electron chi connectivity index (χ4n) is 1.83. The van der Waals surface area contributed by atoms with Crippen LogP contribution >= 0.6 is 15.9 Å². The van der Waals surface area contributed by atoms with Gasteiger partial charge in [-0.25, -0.2) is 4.39 Å². The van der Waals surface area contributed by atoms with Crippen molar-refractivity contribution in [1.82, 2.24) is 0 Å². The van der Waals surface area contributed by atoms with Crippen molar-refractivity contribution in [2.24, 2.45) is 11.1 Å². The van der Waals surface area contributed by atoms with Gasteiger partial charge in [-0.15, -0.1) is 0 Å². The number of benzene rings is 1. The molecule has 0 aliphatic rings. The zero-order chi connectivity index (χ0) is 12.3. The zero-order valence-electron chi connectivity index (χ0n) is 10.1. The summed E-state index contributed by atoms with van der Waals surface area (Å²) in [5, 5.41) is 0. The van der Waals surface area contributed by atoms with Crippen molar-refractivity contribution in [3.8, 4) is 0 Å². The molecule has 1 nitrogen and oxygen atoms in total. The summed E-state index contributed by atoms with van der Waals surface area (Å²) in [7, 11) is 0. The van der Waals surface area contributed by atoms with Gasteiger partial charge in [-0.2, -0.15) is 0 Å². The predicted octanol–water partition coefficient (Wildman–Crippen LogP) is 3.89. The summed E-state index contributed by atoms with van der Waals surface area (Å²) >= 11 is 3.36. The summed E-state index contributed by atoms with van der Waals surface area (Å²) in [4.78, 5) is 0. The van der Waals surface area contributed by atoms with E-state index in [2.05, 4.69) is 36.7 Å². The van der Waals surface area contributed by atoms with Crippen LogP contribution in [0.2, 0.25) is 0 Å². The number of halogens is 2. The van der Waals surface area contributed by atoms with Crippen molar-refractivity contribution in [3.05, 3.63) is 34.1 Å². The average Bonchev–Trinajstić information content (AvgIpc) is 2.06. The van der Waals surface area contributed by atoms with Crippen LogP contribution in [-0.2, 0) is 6.42 Å². The Bertz CT molecular complexity index is 357. The van der Waals surface area contributed by atoms with Gasteiger partial charge in [-0.05, 0) is 36.0 Å². The highest BCUT2D eigenvalue weighted by atomic mass is 79.9. The molecule has 0 radical (unpaired) electrons. The van der Waals surface area contributed by atoms with E-state index in [1.807, 2.05) is 0 Å². The van der Waals surface area contributed by atoms with E-state index in [9.17, 15) is 4.39 Å². The highest BCUT2D eigenvalue weighted by Crippen LogP contribution is 2.24. The SMILES string of the molecule is CC(C)(C)CC(N)Cc1ccc(F)cc1Br. The van der Waals surface area contributed by atoms with Crippen LogP contribution in [0.1, 0.15) is 32.8 Å². The highest BCUT2D eigenvalue weighted by molar-refractivity contribution is 9.10. The first kappa shape index (κ1) is 13.7.